The van der Waals surface area contributed by atoms with Crippen LogP contribution in [0.2, 0.25) is 0 Å². The summed E-state index contributed by atoms with van der Waals surface area (Å²) in [7, 11) is 3.39. The number of halogens is 2. The molecule has 3 aromatic rings. The molecule has 36 heavy (non-hydrogen) atoms. The Morgan fingerprint density at radius 1 is 1.11 bits per heavy atom. The molecule has 10 heteroatoms. The summed E-state index contributed by atoms with van der Waals surface area (Å²) in [6, 6.07) is 7.76. The first-order valence-corrected chi connectivity index (χ1v) is 12.2. The van der Waals surface area contributed by atoms with Crippen molar-refractivity contribution in [2.75, 3.05) is 36.3 Å². The molecule has 0 bridgehead atoms. The number of nitrogens with one attached hydrogen (secondary N) is 2. The number of nitrogens with zero attached hydrogens (tertiary/aromatic N) is 3. The van der Waals surface area contributed by atoms with Crippen molar-refractivity contribution >= 4 is 40.3 Å². The van der Waals surface area contributed by atoms with Crippen LogP contribution in [0, 0.1) is 17.6 Å². The van der Waals surface area contributed by atoms with Gasteiger partial charge in [0.1, 0.15) is 11.6 Å². The minimum Gasteiger partial charge on any atom is -0.385 e. The fourth-order valence-corrected chi connectivity index (χ4v) is 4.61. The molecular weight excluding hydrogens is 468 g/mol. The third-order valence-corrected chi connectivity index (χ3v) is 6.54. The largest absolute Gasteiger partial charge is 0.385 e. The number of rotatable bonds is 8. The van der Waals surface area contributed by atoms with Crippen LogP contribution in [0.3, 0.4) is 0 Å². The van der Waals surface area contributed by atoms with Crippen molar-refractivity contribution in [2.45, 2.75) is 45.1 Å². The maximum atomic E-state index is 14.0. The van der Waals surface area contributed by atoms with Crippen LogP contribution in [0.1, 0.15) is 38.5 Å². The maximum Gasteiger partial charge on any atom is 0.326 e. The smallest absolute Gasteiger partial charge is 0.326 e. The molecule has 0 unspecified atom stereocenters. The van der Waals surface area contributed by atoms with E-state index in [0.29, 0.717) is 31.2 Å². The van der Waals surface area contributed by atoms with Crippen LogP contribution in [-0.2, 0) is 16.1 Å². The summed E-state index contributed by atoms with van der Waals surface area (Å²) in [6.45, 7) is 1.03. The van der Waals surface area contributed by atoms with E-state index in [1.54, 1.807) is 19.1 Å². The zero-order chi connectivity index (χ0) is 25.7. The van der Waals surface area contributed by atoms with Gasteiger partial charge in [-0.05, 0) is 49.6 Å². The molecule has 192 valence electrons. The van der Waals surface area contributed by atoms with Gasteiger partial charge < -0.3 is 19.5 Å². The van der Waals surface area contributed by atoms with E-state index >= 15 is 0 Å². The number of benzene rings is 2. The molecule has 0 spiro atoms. The van der Waals surface area contributed by atoms with Crippen LogP contribution >= 0.6 is 0 Å². The molecule has 2 N–H and O–H groups in total. The number of anilines is 3. The fourth-order valence-electron chi connectivity index (χ4n) is 4.61. The van der Waals surface area contributed by atoms with E-state index in [1.165, 1.54) is 6.42 Å². The van der Waals surface area contributed by atoms with Crippen LogP contribution in [0.25, 0.3) is 11.0 Å². The molecule has 0 aliphatic heterocycles. The van der Waals surface area contributed by atoms with Gasteiger partial charge in [-0.2, -0.15) is 0 Å². The number of ether oxygens (including phenoxy) is 1. The Morgan fingerprint density at radius 3 is 2.61 bits per heavy atom. The predicted octanol–water partition coefficient (Wildman–Crippen LogP) is 5.54. The number of amides is 3. The van der Waals surface area contributed by atoms with E-state index in [-0.39, 0.29) is 23.5 Å². The van der Waals surface area contributed by atoms with Gasteiger partial charge in [-0.3, -0.25) is 10.1 Å². The lowest BCUT2D eigenvalue weighted by Gasteiger charge is -2.26. The second kappa shape index (κ2) is 11.5. The van der Waals surface area contributed by atoms with Crippen molar-refractivity contribution in [3.8, 4) is 0 Å². The molecule has 1 saturated carbocycles. The number of hydrogen-bond donors (Lipinski definition) is 2. The van der Waals surface area contributed by atoms with Gasteiger partial charge in [-0.15, -0.1) is 0 Å². The topological polar surface area (TPSA) is 88.5 Å². The molecule has 1 aliphatic carbocycles. The molecule has 8 nitrogen and oxygen atoms in total. The minimum atomic E-state index is -0.881. The quantitative estimate of drug-likeness (QED) is 0.399. The minimum absolute atomic E-state index is 0.0406. The van der Waals surface area contributed by atoms with Gasteiger partial charge in [0.05, 0.1) is 16.7 Å². The second-order valence-electron chi connectivity index (χ2n) is 9.04. The SMILES string of the molecule is COCCCn1c(NC(=O)Nc2ccc(F)cc2F)nc2cc(N(C)C(=O)C3CCCCC3)ccc21. The highest BCUT2D eigenvalue weighted by molar-refractivity contribution is 6.00. The molecule has 1 fully saturated rings. The number of carbonyl (C=O) groups excluding carboxylic acids is 2. The van der Waals surface area contributed by atoms with Crippen LogP contribution in [0.5, 0.6) is 0 Å². The Labute approximate surface area is 208 Å². The first kappa shape index (κ1) is 25.6. The van der Waals surface area contributed by atoms with Crippen LogP contribution in [0.15, 0.2) is 36.4 Å². The standard InChI is InChI=1S/C26H31F2N5O3/c1-32(24(34)17-7-4-3-5-8-17)19-10-12-23-22(16-19)29-25(33(23)13-6-14-36-2)31-26(35)30-21-11-9-18(27)15-20(21)28/h9-12,15-17H,3-8,13-14H2,1-2H3,(H2,29,30,31,35). The Balaban J connectivity index is 1.57. The Hall–Kier alpha value is -3.53. The van der Waals surface area contributed by atoms with E-state index in [2.05, 4.69) is 15.6 Å². The first-order chi connectivity index (χ1) is 17.4. The normalized spacial score (nSPS) is 14.1. The lowest BCUT2D eigenvalue weighted by molar-refractivity contribution is -0.123. The summed E-state index contributed by atoms with van der Waals surface area (Å²) < 4.78 is 34.1. The molecule has 0 atom stereocenters. The molecule has 1 aliphatic rings. The summed E-state index contributed by atoms with van der Waals surface area (Å²) in [5.74, 6) is -1.21. The van der Waals surface area contributed by atoms with E-state index in [9.17, 15) is 18.4 Å². The highest BCUT2D eigenvalue weighted by atomic mass is 19.1. The van der Waals surface area contributed by atoms with Gasteiger partial charge in [-0.1, -0.05) is 19.3 Å². The number of methoxy groups -OCH3 is 1. The van der Waals surface area contributed by atoms with E-state index in [4.69, 9.17) is 4.74 Å². The van der Waals surface area contributed by atoms with E-state index in [0.717, 1.165) is 49.0 Å². The lowest BCUT2D eigenvalue weighted by atomic mass is 9.88. The first-order valence-electron chi connectivity index (χ1n) is 12.2. The molecule has 2 aromatic carbocycles. The van der Waals surface area contributed by atoms with Gasteiger partial charge >= 0.3 is 6.03 Å². The zero-order valence-electron chi connectivity index (χ0n) is 20.5. The fraction of sp³-hybridized carbons (Fsp3) is 0.423. The summed E-state index contributed by atoms with van der Waals surface area (Å²) in [4.78, 5) is 31.9. The van der Waals surface area contributed by atoms with Crippen molar-refractivity contribution in [2.24, 2.45) is 5.92 Å². The molecule has 0 saturated heterocycles. The van der Waals surface area contributed by atoms with Crippen molar-refractivity contribution < 1.29 is 23.1 Å². The van der Waals surface area contributed by atoms with E-state index < -0.39 is 17.7 Å². The lowest BCUT2D eigenvalue weighted by Crippen LogP contribution is -2.33. The molecular formula is C26H31F2N5O3. The van der Waals surface area contributed by atoms with E-state index in [1.807, 2.05) is 22.8 Å². The zero-order valence-corrected chi connectivity index (χ0v) is 20.5. The highest BCUT2D eigenvalue weighted by Crippen LogP contribution is 2.29. The van der Waals surface area contributed by atoms with Crippen molar-refractivity contribution in [1.29, 1.82) is 0 Å². The number of imidazole rings is 1. The highest BCUT2D eigenvalue weighted by Gasteiger charge is 2.25. The van der Waals surface area contributed by atoms with Crippen LogP contribution in [0.4, 0.5) is 30.9 Å². The molecule has 4 rings (SSSR count). The van der Waals surface area contributed by atoms with Gasteiger partial charge in [0, 0.05) is 45.0 Å². The molecule has 0 radical (unpaired) electrons. The number of hydrogen-bond acceptors (Lipinski definition) is 4. The van der Waals surface area contributed by atoms with Crippen molar-refractivity contribution in [1.82, 2.24) is 9.55 Å². The number of urea groups is 1. The van der Waals surface area contributed by atoms with Gasteiger partial charge in [0.15, 0.2) is 0 Å². The second-order valence-corrected chi connectivity index (χ2v) is 9.04. The number of aryl methyl sites for hydroxylation is 1. The monoisotopic (exact) mass is 499 g/mol. The van der Waals surface area contributed by atoms with Gasteiger partial charge in [0.2, 0.25) is 11.9 Å². The summed E-state index contributed by atoms with van der Waals surface area (Å²) in [5, 5.41) is 5.04. The maximum absolute atomic E-state index is 14.0. The third-order valence-electron chi connectivity index (χ3n) is 6.54. The van der Waals surface area contributed by atoms with Crippen LogP contribution < -0.4 is 15.5 Å². The Bertz CT molecular complexity index is 1240. The summed E-state index contributed by atoms with van der Waals surface area (Å²) >= 11 is 0. The number of carbonyl (C=O) groups is 2. The number of fused-ring (bicyclic) bond motifs is 1. The predicted molar refractivity (Wildman–Crippen MR) is 135 cm³/mol. The third kappa shape index (κ3) is 5.81. The summed E-state index contributed by atoms with van der Waals surface area (Å²) in [6.07, 6.45) is 5.83. The Kier molecular flexibility index (Phi) is 8.14. The van der Waals surface area contributed by atoms with Gasteiger partial charge in [0.25, 0.3) is 0 Å². The molecule has 1 heterocycles. The van der Waals surface area contributed by atoms with Crippen molar-refractivity contribution in [3.63, 3.8) is 0 Å². The van der Waals surface area contributed by atoms with Crippen molar-refractivity contribution in [3.05, 3.63) is 48.0 Å². The number of aromatic nitrogens is 2. The molecule has 3 amide bonds. The molecule has 1 aromatic heterocycles. The average Bonchev–Trinajstić information content (AvgIpc) is 3.21. The van der Waals surface area contributed by atoms with Gasteiger partial charge in [-0.25, -0.2) is 18.6 Å². The van der Waals surface area contributed by atoms with Crippen LogP contribution in [-0.4, -0.2) is 42.3 Å². The average molecular weight is 500 g/mol. The summed E-state index contributed by atoms with van der Waals surface area (Å²) in [5.41, 5.74) is 1.96. The Morgan fingerprint density at radius 2 is 1.89 bits per heavy atom.